The predicted octanol–water partition coefficient (Wildman–Crippen LogP) is 10.8. The van der Waals surface area contributed by atoms with Crippen LogP contribution in [-0.2, 0) is 0 Å². The zero-order valence-corrected chi connectivity index (χ0v) is 27.5. The fraction of sp³-hybridized carbons (Fsp3) is 0.133. The van der Waals surface area contributed by atoms with Crippen molar-refractivity contribution in [2.24, 2.45) is 0 Å². The van der Waals surface area contributed by atoms with Gasteiger partial charge in [-0.2, -0.15) is 0 Å². The van der Waals surface area contributed by atoms with Crippen LogP contribution in [0.2, 0.25) is 0 Å². The maximum Gasteiger partial charge on any atom is 0.160 e. The van der Waals surface area contributed by atoms with E-state index in [0.717, 1.165) is 64.5 Å². The van der Waals surface area contributed by atoms with E-state index in [1.54, 1.807) is 6.20 Å². The quantitative estimate of drug-likeness (QED) is 0.187. The lowest BCUT2D eigenvalue weighted by Gasteiger charge is -2.31. The molecular formula is C45H34N4O. The lowest BCUT2D eigenvalue weighted by atomic mass is 9.75. The third kappa shape index (κ3) is 4.88. The summed E-state index contributed by atoms with van der Waals surface area (Å²) in [7, 11) is 0. The number of ether oxygens (including phenoxy) is 1. The van der Waals surface area contributed by atoms with Gasteiger partial charge in [0.05, 0.1) is 16.7 Å². The molecule has 1 aliphatic heterocycles. The predicted molar refractivity (Wildman–Crippen MR) is 201 cm³/mol. The van der Waals surface area contributed by atoms with Crippen LogP contribution in [0.1, 0.15) is 42.4 Å². The molecule has 0 amide bonds. The van der Waals surface area contributed by atoms with Gasteiger partial charge in [-0.1, -0.05) is 97.1 Å². The van der Waals surface area contributed by atoms with Gasteiger partial charge in [0, 0.05) is 63.1 Å². The maximum atomic E-state index is 6.63. The van der Waals surface area contributed by atoms with Gasteiger partial charge in [-0.05, 0) is 72.9 Å². The summed E-state index contributed by atoms with van der Waals surface area (Å²) in [4.78, 5) is 14.7. The number of hydrogen-bond donors (Lipinski definition) is 0. The van der Waals surface area contributed by atoms with E-state index in [2.05, 4.69) is 137 Å². The summed E-state index contributed by atoms with van der Waals surface area (Å²) in [5, 5.41) is 2.55. The van der Waals surface area contributed by atoms with E-state index < -0.39 is 0 Å². The first-order chi connectivity index (χ1) is 24.8. The van der Waals surface area contributed by atoms with Crippen LogP contribution in [0.5, 0.6) is 5.75 Å². The molecule has 240 valence electrons. The SMILES string of the molecule is c1ccc(-c2nc(-c3ccc(-c4cccnc4)cc3)cc(C3CC[C@@H]4Oc5ccc(-n6c7ccccc7c7ccccc76)cc5C4C3)n2)cc1. The summed E-state index contributed by atoms with van der Waals surface area (Å²) in [6, 6.07) is 49.5. The highest BCUT2D eigenvalue weighted by molar-refractivity contribution is 6.09. The number of aromatic nitrogens is 4. The lowest BCUT2D eigenvalue weighted by molar-refractivity contribution is 0.153. The zero-order valence-electron chi connectivity index (χ0n) is 27.5. The number of nitrogens with zero attached hydrogens (tertiary/aromatic N) is 4. The maximum absolute atomic E-state index is 6.63. The molecule has 0 N–H and O–H groups in total. The van der Waals surface area contributed by atoms with Crippen LogP contribution >= 0.6 is 0 Å². The second kappa shape index (κ2) is 11.8. The van der Waals surface area contributed by atoms with Gasteiger partial charge in [-0.3, -0.25) is 4.98 Å². The minimum atomic E-state index is 0.185. The first kappa shape index (κ1) is 28.9. The third-order valence-electron chi connectivity index (χ3n) is 10.7. The largest absolute Gasteiger partial charge is 0.489 e. The van der Waals surface area contributed by atoms with Crippen LogP contribution in [-0.4, -0.2) is 25.6 Å². The minimum Gasteiger partial charge on any atom is -0.489 e. The molecule has 4 heterocycles. The molecule has 3 aromatic heterocycles. The van der Waals surface area contributed by atoms with Crippen LogP contribution < -0.4 is 4.74 Å². The Morgan fingerprint density at radius 1 is 0.600 bits per heavy atom. The number of benzene rings is 5. The molecule has 5 aromatic carbocycles. The first-order valence-electron chi connectivity index (χ1n) is 17.5. The highest BCUT2D eigenvalue weighted by atomic mass is 16.5. The van der Waals surface area contributed by atoms with Gasteiger partial charge in [0.25, 0.3) is 0 Å². The Morgan fingerprint density at radius 2 is 1.32 bits per heavy atom. The molecule has 8 aromatic rings. The zero-order chi connectivity index (χ0) is 33.0. The Morgan fingerprint density at radius 3 is 2.08 bits per heavy atom. The van der Waals surface area contributed by atoms with Gasteiger partial charge in [0.15, 0.2) is 5.82 Å². The summed E-state index contributed by atoms with van der Waals surface area (Å²) in [6.07, 6.45) is 6.90. The van der Waals surface area contributed by atoms with Crippen molar-refractivity contribution in [2.75, 3.05) is 0 Å². The Balaban J connectivity index is 1.02. The van der Waals surface area contributed by atoms with Crippen molar-refractivity contribution in [3.8, 4) is 45.2 Å². The normalized spacial score (nSPS) is 18.1. The van der Waals surface area contributed by atoms with Gasteiger partial charge in [0.1, 0.15) is 11.9 Å². The molecule has 10 rings (SSSR count). The molecule has 50 heavy (non-hydrogen) atoms. The molecule has 0 saturated heterocycles. The highest BCUT2D eigenvalue weighted by Gasteiger charge is 2.40. The van der Waals surface area contributed by atoms with Gasteiger partial charge in [0.2, 0.25) is 0 Å². The van der Waals surface area contributed by atoms with E-state index in [1.807, 2.05) is 18.3 Å². The molecule has 3 atom stereocenters. The van der Waals surface area contributed by atoms with E-state index in [-0.39, 0.29) is 6.10 Å². The van der Waals surface area contributed by atoms with E-state index >= 15 is 0 Å². The van der Waals surface area contributed by atoms with Crippen molar-refractivity contribution in [1.29, 1.82) is 0 Å². The van der Waals surface area contributed by atoms with E-state index in [4.69, 9.17) is 14.7 Å². The minimum absolute atomic E-state index is 0.185. The monoisotopic (exact) mass is 646 g/mol. The van der Waals surface area contributed by atoms with Crippen LogP contribution in [0.15, 0.2) is 152 Å². The average molecular weight is 647 g/mol. The Kier molecular flexibility index (Phi) is 6.83. The standard InChI is InChI=1S/C45H34N4O/c1-2-9-31(10-3-1)45-47-39(30-18-16-29(17-19-30)33-11-8-24-46-28-33)27-40(48-45)32-20-22-43-37(25-32)38-26-34(21-23-44(38)50-43)49-41-14-6-4-12-35(41)36-13-5-7-15-42(36)49/h1-19,21,23-24,26-28,32,37,43H,20,22,25H2/t32?,37?,43-/m0/s1. The van der Waals surface area contributed by atoms with Crippen LogP contribution in [0.3, 0.4) is 0 Å². The first-order valence-corrected chi connectivity index (χ1v) is 17.5. The van der Waals surface area contributed by atoms with Crippen LogP contribution in [0.4, 0.5) is 0 Å². The van der Waals surface area contributed by atoms with Crippen molar-refractivity contribution in [3.05, 3.63) is 163 Å². The van der Waals surface area contributed by atoms with Gasteiger partial charge >= 0.3 is 0 Å². The fourth-order valence-corrected chi connectivity index (χ4v) is 8.22. The summed E-state index contributed by atoms with van der Waals surface area (Å²) >= 11 is 0. The van der Waals surface area contributed by atoms with Gasteiger partial charge < -0.3 is 9.30 Å². The molecule has 0 bridgehead atoms. The Hall–Kier alpha value is -6.07. The van der Waals surface area contributed by atoms with Crippen molar-refractivity contribution in [3.63, 3.8) is 0 Å². The van der Waals surface area contributed by atoms with Gasteiger partial charge in [-0.15, -0.1) is 0 Å². The number of rotatable bonds is 5. The van der Waals surface area contributed by atoms with Gasteiger partial charge in [-0.25, -0.2) is 9.97 Å². The van der Waals surface area contributed by atoms with Crippen molar-refractivity contribution in [1.82, 2.24) is 19.5 Å². The summed E-state index contributed by atoms with van der Waals surface area (Å²) in [5.41, 5.74) is 11.3. The number of fused-ring (bicyclic) bond motifs is 6. The highest BCUT2D eigenvalue weighted by Crippen LogP contribution is 2.50. The second-order valence-electron chi connectivity index (χ2n) is 13.6. The molecule has 0 radical (unpaired) electrons. The second-order valence-corrected chi connectivity index (χ2v) is 13.6. The molecule has 2 aliphatic rings. The van der Waals surface area contributed by atoms with Crippen LogP contribution in [0.25, 0.3) is 61.3 Å². The third-order valence-corrected chi connectivity index (χ3v) is 10.7. The fourth-order valence-electron chi connectivity index (χ4n) is 8.22. The Labute approximate surface area is 290 Å². The molecule has 1 fully saturated rings. The molecule has 1 saturated carbocycles. The van der Waals surface area contributed by atoms with E-state index in [1.165, 1.54) is 33.1 Å². The summed E-state index contributed by atoms with van der Waals surface area (Å²) < 4.78 is 9.03. The molecule has 5 nitrogen and oxygen atoms in total. The topological polar surface area (TPSA) is 52.8 Å². The van der Waals surface area contributed by atoms with Crippen LogP contribution in [0, 0.1) is 0 Å². The molecular weight excluding hydrogens is 613 g/mol. The Bertz CT molecular complexity index is 2450. The van der Waals surface area contributed by atoms with Crippen molar-refractivity contribution < 1.29 is 4.74 Å². The smallest absolute Gasteiger partial charge is 0.160 e. The van der Waals surface area contributed by atoms with E-state index in [0.29, 0.717) is 11.8 Å². The summed E-state index contributed by atoms with van der Waals surface area (Å²) in [5.74, 6) is 2.39. The molecule has 2 unspecified atom stereocenters. The molecule has 1 aliphatic carbocycles. The number of pyridine rings is 1. The molecule has 5 heteroatoms. The number of hydrogen-bond acceptors (Lipinski definition) is 4. The lowest BCUT2D eigenvalue weighted by Crippen LogP contribution is -2.27. The van der Waals surface area contributed by atoms with Crippen molar-refractivity contribution in [2.45, 2.75) is 37.2 Å². The molecule has 0 spiro atoms. The average Bonchev–Trinajstić information content (AvgIpc) is 3.73. The number of para-hydroxylation sites is 2. The van der Waals surface area contributed by atoms with E-state index in [9.17, 15) is 0 Å². The summed E-state index contributed by atoms with van der Waals surface area (Å²) in [6.45, 7) is 0. The van der Waals surface area contributed by atoms with Crippen molar-refractivity contribution >= 4 is 21.8 Å².